The first-order valence-corrected chi connectivity index (χ1v) is 4.85. The maximum atomic E-state index is 5.14. The molecule has 0 spiro atoms. The van der Waals surface area contributed by atoms with Crippen molar-refractivity contribution in [2.24, 2.45) is 10.2 Å². The number of hydrogen-bond donors (Lipinski definition) is 0. The monoisotopic (exact) mass is 213 g/mol. The normalized spacial score (nSPS) is 10.6. The molecule has 0 saturated carbocycles. The van der Waals surface area contributed by atoms with Crippen molar-refractivity contribution >= 4 is 11.4 Å². The lowest BCUT2D eigenvalue weighted by atomic mass is 10.3. The van der Waals surface area contributed by atoms with E-state index in [1.165, 1.54) is 0 Å². The molecule has 1 aromatic heterocycles. The lowest BCUT2D eigenvalue weighted by molar-refractivity contribution is 0.415. The molecule has 2 aromatic rings. The molecule has 1 aromatic carbocycles. The van der Waals surface area contributed by atoms with Crippen molar-refractivity contribution in [1.29, 1.82) is 0 Å². The van der Waals surface area contributed by atoms with E-state index in [-0.39, 0.29) is 0 Å². The maximum Gasteiger partial charge on any atom is 0.149 e. The number of rotatable bonds is 3. The minimum atomic E-state index is 0.619. The van der Waals surface area contributed by atoms with Crippen molar-refractivity contribution in [3.63, 3.8) is 0 Å². The van der Waals surface area contributed by atoms with Gasteiger partial charge in [-0.3, -0.25) is 4.98 Å². The maximum absolute atomic E-state index is 5.14. The molecule has 1 heterocycles. The average molecular weight is 213 g/mol. The second-order valence-corrected chi connectivity index (χ2v) is 3.08. The number of pyridine rings is 1. The minimum Gasteiger partial charge on any atom is -0.494 e. The largest absolute Gasteiger partial charge is 0.494 e. The second-order valence-electron chi connectivity index (χ2n) is 3.08. The summed E-state index contributed by atoms with van der Waals surface area (Å²) in [5, 5.41) is 8.17. The number of azo groups is 1. The van der Waals surface area contributed by atoms with Crippen LogP contribution in [0.2, 0.25) is 0 Å². The Labute approximate surface area is 93.6 Å². The van der Waals surface area contributed by atoms with Crippen molar-refractivity contribution in [2.75, 3.05) is 7.11 Å². The molecular weight excluding hydrogens is 202 g/mol. The van der Waals surface area contributed by atoms with Crippen LogP contribution in [0.25, 0.3) is 0 Å². The molecule has 2 rings (SSSR count). The van der Waals surface area contributed by atoms with Crippen molar-refractivity contribution in [3.8, 4) is 5.75 Å². The first-order chi connectivity index (χ1) is 7.90. The molecule has 0 bridgehead atoms. The van der Waals surface area contributed by atoms with E-state index in [9.17, 15) is 0 Å². The van der Waals surface area contributed by atoms with Crippen molar-refractivity contribution in [1.82, 2.24) is 4.98 Å². The predicted molar refractivity (Wildman–Crippen MR) is 61.4 cm³/mol. The number of aromatic nitrogens is 1. The quantitative estimate of drug-likeness (QED) is 0.732. The highest BCUT2D eigenvalue weighted by molar-refractivity contribution is 5.49. The van der Waals surface area contributed by atoms with Gasteiger partial charge in [-0.25, -0.2) is 0 Å². The zero-order chi connectivity index (χ0) is 11.2. The summed E-state index contributed by atoms with van der Waals surface area (Å²) in [7, 11) is 1.59. The van der Waals surface area contributed by atoms with Gasteiger partial charge in [0.1, 0.15) is 11.4 Å². The van der Waals surface area contributed by atoms with Crippen LogP contribution in [0.3, 0.4) is 0 Å². The lowest BCUT2D eigenvalue weighted by Crippen LogP contribution is -1.83. The molecular formula is C12H11N3O. The summed E-state index contributed by atoms with van der Waals surface area (Å²) in [5.41, 5.74) is 1.42. The summed E-state index contributed by atoms with van der Waals surface area (Å²) in [5.74, 6) is 0.662. The molecule has 0 amide bonds. The van der Waals surface area contributed by atoms with Gasteiger partial charge in [0, 0.05) is 12.3 Å². The molecule has 0 aliphatic carbocycles. The third kappa shape index (κ3) is 2.42. The Balaban J connectivity index is 2.24. The van der Waals surface area contributed by atoms with Crippen LogP contribution in [-0.4, -0.2) is 12.1 Å². The Morgan fingerprint density at radius 2 is 1.88 bits per heavy atom. The Kier molecular flexibility index (Phi) is 3.23. The van der Waals surface area contributed by atoms with Crippen molar-refractivity contribution in [3.05, 3.63) is 48.8 Å². The van der Waals surface area contributed by atoms with Crippen LogP contribution < -0.4 is 4.74 Å². The fourth-order valence-corrected chi connectivity index (χ4v) is 1.23. The van der Waals surface area contributed by atoms with E-state index in [2.05, 4.69) is 15.2 Å². The highest BCUT2D eigenvalue weighted by Gasteiger charge is 1.99. The molecule has 4 heteroatoms. The summed E-state index contributed by atoms with van der Waals surface area (Å²) in [6.45, 7) is 0. The van der Waals surface area contributed by atoms with Gasteiger partial charge in [0.05, 0.1) is 19.0 Å². The van der Waals surface area contributed by atoms with Crippen LogP contribution in [0.1, 0.15) is 0 Å². The molecule has 0 N–H and O–H groups in total. The minimum absolute atomic E-state index is 0.619. The first kappa shape index (κ1) is 10.3. The van der Waals surface area contributed by atoms with Gasteiger partial charge in [-0.2, -0.15) is 5.11 Å². The average Bonchev–Trinajstić information content (AvgIpc) is 2.38. The van der Waals surface area contributed by atoms with Gasteiger partial charge < -0.3 is 4.74 Å². The third-order valence-corrected chi connectivity index (χ3v) is 2.01. The molecule has 0 saturated heterocycles. The van der Waals surface area contributed by atoms with E-state index in [1.54, 1.807) is 25.6 Å². The summed E-state index contributed by atoms with van der Waals surface area (Å²) < 4.78 is 5.14. The standard InChI is InChI=1S/C12H11N3O/c1-16-12-7-8-13-9-11(12)15-14-10-5-3-2-4-6-10/h2-9H,1H3. The van der Waals surface area contributed by atoms with Crippen molar-refractivity contribution in [2.45, 2.75) is 0 Å². The summed E-state index contributed by atoms with van der Waals surface area (Å²) in [4.78, 5) is 3.97. The van der Waals surface area contributed by atoms with E-state index in [4.69, 9.17) is 4.74 Å². The Morgan fingerprint density at radius 3 is 2.62 bits per heavy atom. The van der Waals surface area contributed by atoms with Gasteiger partial charge >= 0.3 is 0 Å². The first-order valence-electron chi connectivity index (χ1n) is 4.85. The van der Waals surface area contributed by atoms with E-state index in [0.717, 1.165) is 5.69 Å². The highest BCUT2D eigenvalue weighted by Crippen LogP contribution is 2.26. The van der Waals surface area contributed by atoms with E-state index >= 15 is 0 Å². The molecule has 16 heavy (non-hydrogen) atoms. The fraction of sp³-hybridized carbons (Fsp3) is 0.0833. The van der Waals surface area contributed by atoms with Gasteiger partial charge in [0.15, 0.2) is 0 Å². The topological polar surface area (TPSA) is 46.8 Å². The summed E-state index contributed by atoms with van der Waals surface area (Å²) in [6, 6.07) is 11.3. The molecule has 0 atom stereocenters. The van der Waals surface area contributed by atoms with Crippen LogP contribution in [0.4, 0.5) is 11.4 Å². The Morgan fingerprint density at radius 1 is 1.06 bits per heavy atom. The SMILES string of the molecule is COc1ccncc1N=Nc1ccccc1. The van der Waals surface area contributed by atoms with Crippen molar-refractivity contribution < 1.29 is 4.74 Å². The van der Waals surface area contributed by atoms with Crippen LogP contribution in [0, 0.1) is 0 Å². The van der Waals surface area contributed by atoms with Crippen LogP contribution in [0.15, 0.2) is 59.0 Å². The number of ether oxygens (including phenoxy) is 1. The predicted octanol–water partition coefficient (Wildman–Crippen LogP) is 3.51. The van der Waals surface area contributed by atoms with Gasteiger partial charge in [-0.1, -0.05) is 18.2 Å². The van der Waals surface area contributed by atoms with Crippen LogP contribution in [0.5, 0.6) is 5.75 Å². The zero-order valence-corrected chi connectivity index (χ0v) is 8.87. The molecule has 80 valence electrons. The summed E-state index contributed by atoms with van der Waals surface area (Å²) in [6.07, 6.45) is 3.27. The number of methoxy groups -OCH3 is 1. The molecule has 0 fully saturated rings. The Bertz CT molecular complexity index is 483. The number of hydrogen-bond acceptors (Lipinski definition) is 4. The van der Waals surface area contributed by atoms with Gasteiger partial charge in [0.2, 0.25) is 0 Å². The van der Waals surface area contributed by atoms with Gasteiger partial charge in [-0.15, -0.1) is 5.11 Å². The smallest absolute Gasteiger partial charge is 0.149 e. The highest BCUT2D eigenvalue weighted by atomic mass is 16.5. The van der Waals surface area contributed by atoms with Gasteiger partial charge in [0.25, 0.3) is 0 Å². The fourth-order valence-electron chi connectivity index (χ4n) is 1.23. The molecule has 0 aliphatic heterocycles. The number of nitrogens with zero attached hydrogens (tertiary/aromatic N) is 3. The Hall–Kier alpha value is -2.23. The molecule has 4 nitrogen and oxygen atoms in total. The van der Waals surface area contributed by atoms with E-state index < -0.39 is 0 Å². The molecule has 0 radical (unpaired) electrons. The zero-order valence-electron chi connectivity index (χ0n) is 8.87. The van der Waals surface area contributed by atoms with E-state index in [1.807, 2.05) is 30.3 Å². The number of benzene rings is 1. The second kappa shape index (κ2) is 5.02. The van der Waals surface area contributed by atoms with Crippen LogP contribution >= 0.6 is 0 Å². The van der Waals surface area contributed by atoms with E-state index in [0.29, 0.717) is 11.4 Å². The molecule has 0 unspecified atom stereocenters. The summed E-state index contributed by atoms with van der Waals surface area (Å²) >= 11 is 0. The van der Waals surface area contributed by atoms with Gasteiger partial charge in [-0.05, 0) is 12.1 Å². The molecule has 0 aliphatic rings. The lowest BCUT2D eigenvalue weighted by Gasteiger charge is -2.00. The van der Waals surface area contributed by atoms with Crippen LogP contribution in [-0.2, 0) is 0 Å². The third-order valence-electron chi connectivity index (χ3n) is 2.01.